The maximum absolute atomic E-state index is 12.6. The molecule has 0 spiro atoms. The molecule has 2 aromatic rings. The van der Waals surface area contributed by atoms with Crippen LogP contribution in [0.1, 0.15) is 16.8 Å². The highest BCUT2D eigenvalue weighted by Gasteiger charge is 2.30. The van der Waals surface area contributed by atoms with Crippen LogP contribution in [0.3, 0.4) is 0 Å². The summed E-state index contributed by atoms with van der Waals surface area (Å²) >= 11 is 5.91. The summed E-state index contributed by atoms with van der Waals surface area (Å²) in [6.07, 6.45) is -4.31. The maximum atomic E-state index is 12.6. The molecular weight excluding hydrogens is 365 g/mol. The highest BCUT2D eigenvalue weighted by molar-refractivity contribution is 6.31. The van der Waals surface area contributed by atoms with Crippen molar-refractivity contribution >= 4 is 17.4 Å². The largest absolute Gasteiger partial charge is 0.416 e. The first kappa shape index (κ1) is 18.5. The van der Waals surface area contributed by atoms with Gasteiger partial charge in [-0.25, -0.2) is 4.98 Å². The zero-order valence-corrected chi connectivity index (χ0v) is 14.6. The summed E-state index contributed by atoms with van der Waals surface area (Å²) in [6, 6.07) is 10.7. The summed E-state index contributed by atoms with van der Waals surface area (Å²) in [5, 5.41) is 9.35. The number of pyridine rings is 1. The smallest absolute Gasteiger partial charge is 0.354 e. The van der Waals surface area contributed by atoms with Crippen molar-refractivity contribution in [3.05, 3.63) is 58.2 Å². The van der Waals surface area contributed by atoms with E-state index in [1.807, 2.05) is 6.07 Å². The fraction of sp³-hybridized carbons (Fsp3) is 0.333. The molecule has 0 saturated carbocycles. The molecule has 0 unspecified atom stereocenters. The van der Waals surface area contributed by atoms with Crippen LogP contribution < -0.4 is 4.90 Å². The number of hydrogen-bond donors (Lipinski definition) is 0. The lowest BCUT2D eigenvalue weighted by atomic mass is 10.1. The topological polar surface area (TPSA) is 43.2 Å². The monoisotopic (exact) mass is 380 g/mol. The number of piperazine rings is 1. The van der Waals surface area contributed by atoms with E-state index in [1.54, 1.807) is 12.1 Å². The Morgan fingerprint density at radius 3 is 2.27 bits per heavy atom. The van der Waals surface area contributed by atoms with E-state index >= 15 is 0 Å². The molecule has 0 amide bonds. The van der Waals surface area contributed by atoms with Crippen molar-refractivity contribution in [3.63, 3.8) is 0 Å². The van der Waals surface area contributed by atoms with Crippen molar-refractivity contribution in [1.29, 1.82) is 5.26 Å². The summed E-state index contributed by atoms with van der Waals surface area (Å²) in [5.41, 5.74) is 0.423. The number of nitrogens with zero attached hydrogens (tertiary/aromatic N) is 4. The predicted molar refractivity (Wildman–Crippen MR) is 92.9 cm³/mol. The van der Waals surface area contributed by atoms with Crippen LogP contribution in [0.4, 0.5) is 19.0 Å². The van der Waals surface area contributed by atoms with Crippen LogP contribution in [-0.2, 0) is 12.7 Å². The third kappa shape index (κ3) is 4.26. The first-order valence-electron chi connectivity index (χ1n) is 8.07. The van der Waals surface area contributed by atoms with Crippen LogP contribution in [0.2, 0.25) is 5.02 Å². The lowest BCUT2D eigenvalue weighted by Crippen LogP contribution is -2.46. The number of anilines is 1. The van der Waals surface area contributed by atoms with Crippen LogP contribution in [0.25, 0.3) is 0 Å². The van der Waals surface area contributed by atoms with Gasteiger partial charge in [0.1, 0.15) is 11.9 Å². The van der Waals surface area contributed by atoms with Crippen molar-refractivity contribution in [3.8, 4) is 6.07 Å². The molecule has 2 heterocycles. The molecule has 1 aliphatic heterocycles. The van der Waals surface area contributed by atoms with Crippen molar-refractivity contribution < 1.29 is 13.2 Å². The number of nitriles is 1. The van der Waals surface area contributed by atoms with E-state index in [0.29, 0.717) is 17.4 Å². The maximum Gasteiger partial charge on any atom is 0.416 e. The number of rotatable bonds is 3. The van der Waals surface area contributed by atoms with Gasteiger partial charge < -0.3 is 4.90 Å². The molecule has 1 aromatic carbocycles. The normalized spacial score (nSPS) is 15.7. The summed E-state index contributed by atoms with van der Waals surface area (Å²) < 4.78 is 37.8. The van der Waals surface area contributed by atoms with Gasteiger partial charge in [0.05, 0.1) is 10.6 Å². The Kier molecular flexibility index (Phi) is 5.35. The molecule has 1 fully saturated rings. The highest BCUT2D eigenvalue weighted by Crippen LogP contribution is 2.29. The number of aromatic nitrogens is 1. The molecule has 0 atom stereocenters. The number of hydrogen-bond acceptors (Lipinski definition) is 4. The number of halogens is 4. The Balaban J connectivity index is 1.58. The van der Waals surface area contributed by atoms with Crippen molar-refractivity contribution in [2.24, 2.45) is 0 Å². The molecule has 1 aliphatic rings. The Hall–Kier alpha value is -2.30. The highest BCUT2D eigenvalue weighted by atomic mass is 35.5. The van der Waals surface area contributed by atoms with Gasteiger partial charge in [-0.2, -0.15) is 18.4 Å². The Labute approximate surface area is 154 Å². The number of alkyl halides is 3. The average Bonchev–Trinajstić information content (AvgIpc) is 2.62. The SMILES string of the molecule is N#Cc1nc(N2CCN(Cc3ccc(C(F)(F)F)cc3)CC2)ccc1Cl. The van der Waals surface area contributed by atoms with E-state index in [0.717, 1.165) is 43.9 Å². The van der Waals surface area contributed by atoms with E-state index in [-0.39, 0.29) is 5.69 Å². The van der Waals surface area contributed by atoms with Gasteiger partial charge in [0.25, 0.3) is 0 Å². The Morgan fingerprint density at radius 1 is 1.04 bits per heavy atom. The van der Waals surface area contributed by atoms with Gasteiger partial charge in [-0.15, -0.1) is 0 Å². The van der Waals surface area contributed by atoms with Gasteiger partial charge in [0, 0.05) is 32.7 Å². The van der Waals surface area contributed by atoms with Crippen LogP contribution in [-0.4, -0.2) is 36.1 Å². The van der Waals surface area contributed by atoms with Gasteiger partial charge in [-0.05, 0) is 29.8 Å². The molecule has 1 aromatic heterocycles. The van der Waals surface area contributed by atoms with Gasteiger partial charge >= 0.3 is 6.18 Å². The summed E-state index contributed by atoms with van der Waals surface area (Å²) in [6.45, 7) is 3.56. The summed E-state index contributed by atoms with van der Waals surface area (Å²) in [5.74, 6) is 0.708. The van der Waals surface area contributed by atoms with Crippen LogP contribution in [0, 0.1) is 11.3 Å². The fourth-order valence-corrected chi connectivity index (χ4v) is 3.03. The second-order valence-electron chi connectivity index (χ2n) is 6.07. The fourth-order valence-electron chi connectivity index (χ4n) is 2.88. The average molecular weight is 381 g/mol. The lowest BCUT2D eigenvalue weighted by molar-refractivity contribution is -0.137. The second-order valence-corrected chi connectivity index (χ2v) is 6.48. The second kappa shape index (κ2) is 7.52. The molecule has 0 N–H and O–H groups in total. The van der Waals surface area contributed by atoms with Gasteiger partial charge in [0.15, 0.2) is 5.69 Å². The van der Waals surface area contributed by atoms with Crippen molar-refractivity contribution in [1.82, 2.24) is 9.88 Å². The Morgan fingerprint density at radius 2 is 1.69 bits per heavy atom. The van der Waals surface area contributed by atoms with E-state index in [1.165, 1.54) is 12.1 Å². The van der Waals surface area contributed by atoms with Crippen molar-refractivity contribution in [2.45, 2.75) is 12.7 Å². The standard InChI is InChI=1S/C18H16ClF3N4/c19-15-5-6-17(24-16(15)11-23)26-9-7-25(8-10-26)12-13-1-3-14(4-2-13)18(20,21)22/h1-6H,7-10,12H2. The van der Waals surface area contributed by atoms with Gasteiger partial charge in [-0.3, -0.25) is 4.90 Å². The lowest BCUT2D eigenvalue weighted by Gasteiger charge is -2.35. The molecule has 0 aliphatic carbocycles. The third-order valence-corrected chi connectivity index (χ3v) is 4.63. The molecule has 0 bridgehead atoms. The zero-order chi connectivity index (χ0) is 18.7. The molecule has 136 valence electrons. The molecular formula is C18H16ClF3N4. The quantitative estimate of drug-likeness (QED) is 0.808. The van der Waals surface area contributed by atoms with E-state index in [9.17, 15) is 13.2 Å². The minimum absolute atomic E-state index is 0.205. The van der Waals surface area contributed by atoms with Crippen molar-refractivity contribution in [2.75, 3.05) is 31.1 Å². The van der Waals surface area contributed by atoms with E-state index in [4.69, 9.17) is 16.9 Å². The van der Waals surface area contributed by atoms with E-state index < -0.39 is 11.7 Å². The first-order chi connectivity index (χ1) is 12.4. The summed E-state index contributed by atoms with van der Waals surface area (Å²) in [7, 11) is 0. The van der Waals surface area contributed by atoms with E-state index in [2.05, 4.69) is 14.8 Å². The van der Waals surface area contributed by atoms with Gasteiger partial charge in [0.2, 0.25) is 0 Å². The molecule has 3 rings (SSSR count). The molecule has 8 heteroatoms. The molecule has 26 heavy (non-hydrogen) atoms. The minimum atomic E-state index is -4.31. The first-order valence-corrected chi connectivity index (χ1v) is 8.45. The van der Waals surface area contributed by atoms with Crippen LogP contribution in [0.5, 0.6) is 0 Å². The minimum Gasteiger partial charge on any atom is -0.354 e. The molecule has 0 radical (unpaired) electrons. The summed E-state index contributed by atoms with van der Waals surface area (Å²) in [4.78, 5) is 8.51. The molecule has 1 saturated heterocycles. The van der Waals surface area contributed by atoms with Gasteiger partial charge in [-0.1, -0.05) is 23.7 Å². The third-order valence-electron chi connectivity index (χ3n) is 4.32. The predicted octanol–water partition coefficient (Wildman–Crippen LogP) is 3.95. The van der Waals surface area contributed by atoms with Crippen LogP contribution in [0.15, 0.2) is 36.4 Å². The zero-order valence-electron chi connectivity index (χ0n) is 13.8. The Bertz CT molecular complexity index is 807. The van der Waals surface area contributed by atoms with Crippen LogP contribution >= 0.6 is 11.6 Å². The number of benzene rings is 1. The molecule has 4 nitrogen and oxygen atoms in total.